The number of carbonyl (C=O) groups is 1. The average Bonchev–Trinajstić information content (AvgIpc) is 2.10. The van der Waals surface area contributed by atoms with Crippen LogP contribution in [-0.4, -0.2) is 30.7 Å². The van der Waals surface area contributed by atoms with Crippen molar-refractivity contribution in [1.82, 2.24) is 5.32 Å². The molecule has 0 aliphatic heterocycles. The second-order valence-electron chi connectivity index (χ2n) is 3.12. The highest BCUT2D eigenvalue weighted by atomic mass is 16.4. The minimum atomic E-state index is -0.772. The lowest BCUT2D eigenvalue weighted by Crippen LogP contribution is -2.23. The molecule has 4 N–H and O–H groups in total. The minimum Gasteiger partial charge on any atom is -0.481 e. The van der Waals surface area contributed by atoms with Gasteiger partial charge in [-0.1, -0.05) is 13.3 Å². The summed E-state index contributed by atoms with van der Waals surface area (Å²) in [7, 11) is 0. The van der Waals surface area contributed by atoms with Crippen molar-refractivity contribution in [3.8, 4) is 0 Å². The first kappa shape index (κ1) is 12.4. The van der Waals surface area contributed by atoms with Gasteiger partial charge in [0.25, 0.3) is 0 Å². The van der Waals surface area contributed by atoms with Crippen LogP contribution in [0.1, 0.15) is 26.2 Å². The highest BCUT2D eigenvalue weighted by Gasteiger charge is 2.13. The number of nitrogens with two attached hydrogens (primary N) is 1. The maximum Gasteiger partial charge on any atom is 0.307 e. The Bertz CT molecular complexity index is 140. The summed E-state index contributed by atoms with van der Waals surface area (Å²) in [5, 5.41) is 11.9. The maximum atomic E-state index is 10.6. The van der Waals surface area contributed by atoms with Crippen LogP contribution in [0.5, 0.6) is 0 Å². The molecule has 0 unspecified atom stereocenters. The van der Waals surface area contributed by atoms with Crippen molar-refractivity contribution in [2.45, 2.75) is 26.2 Å². The summed E-state index contributed by atoms with van der Waals surface area (Å²) < 4.78 is 0. The number of rotatable bonds is 8. The van der Waals surface area contributed by atoms with Crippen LogP contribution in [0, 0.1) is 5.92 Å². The first-order valence-electron chi connectivity index (χ1n) is 4.86. The molecule has 0 spiro atoms. The zero-order valence-corrected chi connectivity index (χ0v) is 8.25. The van der Waals surface area contributed by atoms with Gasteiger partial charge in [0.2, 0.25) is 0 Å². The molecule has 0 rings (SSSR count). The lowest BCUT2D eigenvalue weighted by Gasteiger charge is -2.08. The highest BCUT2D eigenvalue weighted by Crippen LogP contribution is 2.06. The summed E-state index contributed by atoms with van der Waals surface area (Å²) in [5.74, 6) is -1.13. The molecule has 0 amide bonds. The van der Waals surface area contributed by atoms with E-state index in [1.807, 2.05) is 0 Å². The predicted octanol–water partition coefficient (Wildman–Crippen LogP) is 0.426. The monoisotopic (exact) mass is 188 g/mol. The Labute approximate surface area is 79.5 Å². The number of nitrogens with one attached hydrogen (secondary N) is 1. The van der Waals surface area contributed by atoms with Crippen LogP contribution < -0.4 is 11.1 Å². The third-order valence-electron chi connectivity index (χ3n) is 2.04. The third-order valence-corrected chi connectivity index (χ3v) is 2.04. The van der Waals surface area contributed by atoms with Crippen LogP contribution in [0.3, 0.4) is 0 Å². The molecular formula is C9H20N2O2. The standard InChI is InChI=1S/C9H20N2O2/c1-2-11-6-4-3-5-8(7-10)9(12)13/h8,11H,2-7,10H2,1H3,(H,12,13)/t8-/m1/s1. The first-order chi connectivity index (χ1) is 6.22. The second-order valence-corrected chi connectivity index (χ2v) is 3.12. The van der Waals surface area contributed by atoms with Gasteiger partial charge in [-0.15, -0.1) is 0 Å². The van der Waals surface area contributed by atoms with Gasteiger partial charge < -0.3 is 16.2 Å². The van der Waals surface area contributed by atoms with E-state index in [1.165, 1.54) is 0 Å². The molecule has 13 heavy (non-hydrogen) atoms. The lowest BCUT2D eigenvalue weighted by molar-refractivity contribution is -0.141. The Morgan fingerprint density at radius 3 is 2.69 bits per heavy atom. The van der Waals surface area contributed by atoms with E-state index < -0.39 is 5.97 Å². The van der Waals surface area contributed by atoms with Crippen LogP contribution in [0.2, 0.25) is 0 Å². The van der Waals surface area contributed by atoms with Gasteiger partial charge in [0.15, 0.2) is 0 Å². The van der Waals surface area contributed by atoms with Gasteiger partial charge >= 0.3 is 5.97 Å². The number of carboxylic acids is 1. The van der Waals surface area contributed by atoms with E-state index in [9.17, 15) is 4.79 Å². The van der Waals surface area contributed by atoms with Gasteiger partial charge in [0.05, 0.1) is 5.92 Å². The number of aliphatic carboxylic acids is 1. The van der Waals surface area contributed by atoms with Crippen molar-refractivity contribution >= 4 is 5.97 Å². The van der Waals surface area contributed by atoms with E-state index in [0.29, 0.717) is 6.42 Å². The van der Waals surface area contributed by atoms with Crippen LogP contribution in [-0.2, 0) is 4.79 Å². The van der Waals surface area contributed by atoms with Gasteiger partial charge in [-0.05, 0) is 25.9 Å². The topological polar surface area (TPSA) is 75.3 Å². The molecule has 0 radical (unpaired) electrons. The largest absolute Gasteiger partial charge is 0.481 e. The molecule has 0 heterocycles. The molecule has 0 aromatic heterocycles. The fourth-order valence-electron chi connectivity index (χ4n) is 1.16. The molecular weight excluding hydrogens is 168 g/mol. The molecule has 0 bridgehead atoms. The molecule has 1 atom stereocenters. The SMILES string of the molecule is CCNCCCC[C@H](CN)C(=O)O. The van der Waals surface area contributed by atoms with Gasteiger partial charge in [-0.2, -0.15) is 0 Å². The molecule has 0 aromatic carbocycles. The molecule has 0 aromatic rings. The van der Waals surface area contributed by atoms with Crippen molar-refractivity contribution in [2.75, 3.05) is 19.6 Å². The van der Waals surface area contributed by atoms with E-state index in [-0.39, 0.29) is 12.5 Å². The predicted molar refractivity (Wildman–Crippen MR) is 52.6 cm³/mol. The second kappa shape index (κ2) is 8.01. The molecule has 4 nitrogen and oxygen atoms in total. The molecule has 0 saturated heterocycles. The van der Waals surface area contributed by atoms with Crippen LogP contribution in [0.25, 0.3) is 0 Å². The normalized spacial score (nSPS) is 12.8. The van der Waals surface area contributed by atoms with Crippen LogP contribution in [0.4, 0.5) is 0 Å². The quantitative estimate of drug-likeness (QED) is 0.483. The molecule has 78 valence electrons. The smallest absolute Gasteiger partial charge is 0.307 e. The van der Waals surface area contributed by atoms with E-state index >= 15 is 0 Å². The highest BCUT2D eigenvalue weighted by molar-refractivity contribution is 5.70. The van der Waals surface area contributed by atoms with Crippen molar-refractivity contribution in [3.05, 3.63) is 0 Å². The summed E-state index contributed by atoms with van der Waals surface area (Å²) in [6.07, 6.45) is 2.65. The van der Waals surface area contributed by atoms with Crippen molar-refractivity contribution in [2.24, 2.45) is 11.7 Å². The van der Waals surface area contributed by atoms with E-state index in [1.54, 1.807) is 0 Å². The molecule has 0 fully saturated rings. The fraction of sp³-hybridized carbons (Fsp3) is 0.889. The molecule has 0 saturated carbocycles. The zero-order chi connectivity index (χ0) is 10.1. The number of hydrogen-bond donors (Lipinski definition) is 3. The molecule has 0 aliphatic carbocycles. The third kappa shape index (κ3) is 6.54. The first-order valence-corrected chi connectivity index (χ1v) is 4.86. The summed E-state index contributed by atoms with van der Waals surface area (Å²) in [6, 6.07) is 0. The Morgan fingerprint density at radius 1 is 1.54 bits per heavy atom. The van der Waals surface area contributed by atoms with E-state index in [4.69, 9.17) is 10.8 Å². The van der Waals surface area contributed by atoms with Gasteiger partial charge in [-0.25, -0.2) is 0 Å². The minimum absolute atomic E-state index is 0.247. The van der Waals surface area contributed by atoms with E-state index in [2.05, 4.69) is 12.2 Å². The Hall–Kier alpha value is -0.610. The average molecular weight is 188 g/mol. The Kier molecular flexibility index (Phi) is 7.63. The Morgan fingerprint density at radius 2 is 2.23 bits per heavy atom. The number of carboxylic acid groups (broad SMARTS) is 1. The molecule has 0 aliphatic rings. The fourth-order valence-corrected chi connectivity index (χ4v) is 1.16. The van der Waals surface area contributed by atoms with Crippen molar-refractivity contribution < 1.29 is 9.90 Å². The van der Waals surface area contributed by atoms with Crippen LogP contribution >= 0.6 is 0 Å². The van der Waals surface area contributed by atoms with Crippen molar-refractivity contribution in [1.29, 1.82) is 0 Å². The lowest BCUT2D eigenvalue weighted by atomic mass is 10.0. The van der Waals surface area contributed by atoms with Gasteiger partial charge in [0.1, 0.15) is 0 Å². The summed E-state index contributed by atoms with van der Waals surface area (Å²) in [6.45, 7) is 4.24. The summed E-state index contributed by atoms with van der Waals surface area (Å²) in [5.41, 5.74) is 5.32. The van der Waals surface area contributed by atoms with E-state index in [0.717, 1.165) is 25.9 Å². The van der Waals surface area contributed by atoms with Gasteiger partial charge in [0, 0.05) is 6.54 Å². The molecule has 4 heteroatoms. The maximum absolute atomic E-state index is 10.6. The van der Waals surface area contributed by atoms with Gasteiger partial charge in [-0.3, -0.25) is 4.79 Å². The van der Waals surface area contributed by atoms with Crippen molar-refractivity contribution in [3.63, 3.8) is 0 Å². The number of hydrogen-bond acceptors (Lipinski definition) is 3. The van der Waals surface area contributed by atoms with Crippen LogP contribution in [0.15, 0.2) is 0 Å². The Balaban J connectivity index is 3.33. The number of unbranched alkanes of at least 4 members (excludes halogenated alkanes) is 1. The summed E-state index contributed by atoms with van der Waals surface area (Å²) >= 11 is 0. The summed E-state index contributed by atoms with van der Waals surface area (Å²) in [4.78, 5) is 10.6. The zero-order valence-electron chi connectivity index (χ0n) is 8.25.